The van der Waals surface area contributed by atoms with E-state index in [1.807, 2.05) is 0 Å². The second kappa shape index (κ2) is 13.2. The SMILES string of the molecule is CCCCCCCCCCCOC(=O)C(CC(C)C)NC(=O)C1CC1. The van der Waals surface area contributed by atoms with Gasteiger partial charge in [0.15, 0.2) is 0 Å². The summed E-state index contributed by atoms with van der Waals surface area (Å²) in [6.45, 7) is 6.83. The second-order valence-electron chi connectivity index (χ2n) is 7.96. The van der Waals surface area contributed by atoms with Crippen molar-refractivity contribution in [2.24, 2.45) is 11.8 Å². The molecule has 1 amide bonds. The third-order valence-corrected chi connectivity index (χ3v) is 4.75. The zero-order valence-corrected chi connectivity index (χ0v) is 16.6. The molecular formula is C21H39NO3. The number of unbranched alkanes of at least 4 members (excludes halogenated alkanes) is 8. The fraction of sp³-hybridized carbons (Fsp3) is 0.905. The molecule has 4 heteroatoms. The number of amides is 1. The standard InChI is InChI=1S/C21H39NO3/c1-4-5-6-7-8-9-10-11-12-15-25-21(24)19(16-17(2)3)22-20(23)18-13-14-18/h17-19H,4-16H2,1-3H3,(H,22,23). The van der Waals surface area contributed by atoms with Crippen molar-refractivity contribution in [3.63, 3.8) is 0 Å². The van der Waals surface area contributed by atoms with E-state index in [1.165, 1.54) is 44.9 Å². The predicted octanol–water partition coefficient (Wildman–Crippen LogP) is 5.00. The van der Waals surface area contributed by atoms with Gasteiger partial charge in [0.25, 0.3) is 0 Å². The average molecular weight is 354 g/mol. The topological polar surface area (TPSA) is 55.4 Å². The van der Waals surface area contributed by atoms with Gasteiger partial charge in [0.05, 0.1) is 6.61 Å². The Balaban J connectivity index is 2.09. The summed E-state index contributed by atoms with van der Waals surface area (Å²) in [4.78, 5) is 24.2. The van der Waals surface area contributed by atoms with Gasteiger partial charge >= 0.3 is 5.97 Å². The predicted molar refractivity (Wildman–Crippen MR) is 102 cm³/mol. The molecule has 1 N–H and O–H groups in total. The Morgan fingerprint density at radius 2 is 1.52 bits per heavy atom. The molecule has 1 atom stereocenters. The fourth-order valence-electron chi connectivity index (χ4n) is 3.01. The average Bonchev–Trinajstić information content (AvgIpc) is 3.40. The quantitative estimate of drug-likeness (QED) is 0.333. The number of rotatable bonds is 15. The number of carbonyl (C=O) groups is 2. The van der Waals surface area contributed by atoms with E-state index in [1.54, 1.807) is 0 Å². The van der Waals surface area contributed by atoms with Crippen LogP contribution in [0.2, 0.25) is 0 Å². The molecule has 0 saturated heterocycles. The Bertz CT molecular complexity index is 377. The van der Waals surface area contributed by atoms with Crippen LogP contribution in [-0.2, 0) is 14.3 Å². The third kappa shape index (κ3) is 11.2. The zero-order chi connectivity index (χ0) is 18.5. The van der Waals surface area contributed by atoms with Gasteiger partial charge in [-0.2, -0.15) is 0 Å². The third-order valence-electron chi connectivity index (χ3n) is 4.75. The van der Waals surface area contributed by atoms with Crippen LogP contribution in [0.3, 0.4) is 0 Å². The lowest BCUT2D eigenvalue weighted by atomic mass is 10.0. The molecule has 1 unspecified atom stereocenters. The minimum Gasteiger partial charge on any atom is -0.464 e. The maximum Gasteiger partial charge on any atom is 0.328 e. The highest BCUT2D eigenvalue weighted by atomic mass is 16.5. The molecule has 0 aromatic rings. The molecule has 4 nitrogen and oxygen atoms in total. The summed E-state index contributed by atoms with van der Waals surface area (Å²) < 4.78 is 5.41. The molecule has 146 valence electrons. The van der Waals surface area contributed by atoms with E-state index in [0.717, 1.165) is 25.7 Å². The molecule has 0 spiro atoms. The molecule has 0 heterocycles. The molecule has 0 radical (unpaired) electrons. The summed E-state index contributed by atoms with van der Waals surface area (Å²) in [5, 5.41) is 2.88. The molecule has 0 bridgehead atoms. The summed E-state index contributed by atoms with van der Waals surface area (Å²) in [6.07, 6.45) is 13.8. The van der Waals surface area contributed by atoms with Gasteiger partial charge in [-0.05, 0) is 31.6 Å². The van der Waals surface area contributed by atoms with Crippen molar-refractivity contribution in [3.8, 4) is 0 Å². The van der Waals surface area contributed by atoms with E-state index in [0.29, 0.717) is 18.9 Å². The van der Waals surface area contributed by atoms with E-state index < -0.39 is 6.04 Å². The van der Waals surface area contributed by atoms with Crippen molar-refractivity contribution in [1.29, 1.82) is 0 Å². The highest BCUT2D eigenvalue weighted by molar-refractivity contribution is 5.86. The summed E-state index contributed by atoms with van der Waals surface area (Å²) in [5.41, 5.74) is 0. The maximum atomic E-state index is 12.3. The van der Waals surface area contributed by atoms with Crippen LogP contribution >= 0.6 is 0 Å². The summed E-state index contributed by atoms with van der Waals surface area (Å²) in [5.74, 6) is 0.234. The van der Waals surface area contributed by atoms with Crippen LogP contribution < -0.4 is 5.32 Å². The minimum atomic E-state index is -0.480. The highest BCUT2D eigenvalue weighted by Gasteiger charge is 2.33. The molecule has 1 fully saturated rings. The first-order valence-electron chi connectivity index (χ1n) is 10.5. The number of hydrogen-bond acceptors (Lipinski definition) is 3. The van der Waals surface area contributed by atoms with Gasteiger partial charge < -0.3 is 10.1 Å². The van der Waals surface area contributed by atoms with Gasteiger partial charge in [-0.15, -0.1) is 0 Å². The molecular weight excluding hydrogens is 314 g/mol. The number of carbonyl (C=O) groups excluding carboxylic acids is 2. The molecule has 0 aromatic heterocycles. The second-order valence-corrected chi connectivity index (χ2v) is 7.96. The largest absolute Gasteiger partial charge is 0.464 e. The molecule has 0 aliphatic heterocycles. The molecule has 1 saturated carbocycles. The van der Waals surface area contributed by atoms with Crippen molar-refractivity contribution in [1.82, 2.24) is 5.32 Å². The Morgan fingerprint density at radius 3 is 2.04 bits per heavy atom. The Labute approximate surface area is 154 Å². The fourth-order valence-corrected chi connectivity index (χ4v) is 3.01. The normalized spacial score (nSPS) is 15.2. The first-order chi connectivity index (χ1) is 12.0. The number of hydrogen-bond donors (Lipinski definition) is 1. The molecule has 1 aliphatic rings. The van der Waals surface area contributed by atoms with Crippen LogP contribution in [0.4, 0.5) is 0 Å². The van der Waals surface area contributed by atoms with Crippen LogP contribution in [0.25, 0.3) is 0 Å². The molecule has 0 aromatic carbocycles. The van der Waals surface area contributed by atoms with Crippen LogP contribution in [0.5, 0.6) is 0 Å². The lowest BCUT2D eigenvalue weighted by molar-refractivity contribution is -0.148. The first-order valence-corrected chi connectivity index (χ1v) is 10.5. The van der Waals surface area contributed by atoms with Gasteiger partial charge in [0.2, 0.25) is 5.91 Å². The van der Waals surface area contributed by atoms with Crippen molar-refractivity contribution >= 4 is 11.9 Å². The molecule has 25 heavy (non-hydrogen) atoms. The number of ether oxygens (including phenoxy) is 1. The van der Waals surface area contributed by atoms with Gasteiger partial charge in [0, 0.05) is 5.92 Å². The van der Waals surface area contributed by atoms with E-state index in [2.05, 4.69) is 26.1 Å². The lowest BCUT2D eigenvalue weighted by Crippen LogP contribution is -2.43. The van der Waals surface area contributed by atoms with Gasteiger partial charge in [0.1, 0.15) is 6.04 Å². The van der Waals surface area contributed by atoms with Crippen LogP contribution in [0, 0.1) is 11.8 Å². The van der Waals surface area contributed by atoms with Crippen molar-refractivity contribution in [3.05, 3.63) is 0 Å². The number of esters is 1. The first kappa shape index (κ1) is 22.0. The minimum absolute atomic E-state index is 0.0191. The van der Waals surface area contributed by atoms with E-state index in [4.69, 9.17) is 4.74 Å². The van der Waals surface area contributed by atoms with Crippen molar-refractivity contribution in [2.75, 3.05) is 6.61 Å². The van der Waals surface area contributed by atoms with Crippen molar-refractivity contribution in [2.45, 2.75) is 104 Å². The van der Waals surface area contributed by atoms with E-state index in [9.17, 15) is 9.59 Å². The maximum absolute atomic E-state index is 12.3. The number of nitrogens with one attached hydrogen (secondary N) is 1. The monoisotopic (exact) mass is 353 g/mol. The Kier molecular flexibility index (Phi) is 11.6. The van der Waals surface area contributed by atoms with E-state index in [-0.39, 0.29) is 17.8 Å². The van der Waals surface area contributed by atoms with Crippen LogP contribution in [-0.4, -0.2) is 24.5 Å². The summed E-state index contributed by atoms with van der Waals surface area (Å²) >= 11 is 0. The van der Waals surface area contributed by atoms with Gasteiger partial charge in [-0.3, -0.25) is 4.79 Å². The highest BCUT2D eigenvalue weighted by Crippen LogP contribution is 2.29. The summed E-state index contributed by atoms with van der Waals surface area (Å²) in [6, 6.07) is -0.480. The van der Waals surface area contributed by atoms with E-state index >= 15 is 0 Å². The van der Waals surface area contributed by atoms with Gasteiger partial charge in [-0.25, -0.2) is 4.79 Å². The zero-order valence-electron chi connectivity index (χ0n) is 16.6. The summed E-state index contributed by atoms with van der Waals surface area (Å²) in [7, 11) is 0. The lowest BCUT2D eigenvalue weighted by Gasteiger charge is -2.19. The molecule has 1 aliphatic carbocycles. The van der Waals surface area contributed by atoms with Crippen LogP contribution in [0.1, 0.15) is 97.8 Å². The molecule has 1 rings (SSSR count). The Hall–Kier alpha value is -1.06. The van der Waals surface area contributed by atoms with Crippen LogP contribution in [0.15, 0.2) is 0 Å². The Morgan fingerprint density at radius 1 is 0.960 bits per heavy atom. The smallest absolute Gasteiger partial charge is 0.328 e. The van der Waals surface area contributed by atoms with Gasteiger partial charge in [-0.1, -0.05) is 72.1 Å². The van der Waals surface area contributed by atoms with Crippen molar-refractivity contribution < 1.29 is 14.3 Å².